The zero-order chi connectivity index (χ0) is 18.4. The molecular formula is C22H17N3O2. The van der Waals surface area contributed by atoms with Gasteiger partial charge in [-0.1, -0.05) is 36.4 Å². The van der Waals surface area contributed by atoms with Crippen molar-refractivity contribution >= 4 is 22.8 Å². The zero-order valence-electron chi connectivity index (χ0n) is 14.7. The van der Waals surface area contributed by atoms with Crippen molar-refractivity contribution in [2.75, 3.05) is 7.11 Å². The van der Waals surface area contributed by atoms with Crippen LogP contribution in [0, 0.1) is 0 Å². The number of H-pyrrole nitrogens is 1. The number of ether oxygens (including phenoxy) is 1. The van der Waals surface area contributed by atoms with Crippen molar-refractivity contribution in [3.8, 4) is 17.0 Å². The van der Waals surface area contributed by atoms with Gasteiger partial charge in [0.15, 0.2) is 0 Å². The molecule has 3 aliphatic rings. The third-order valence-electron chi connectivity index (χ3n) is 5.10. The largest absolute Gasteiger partial charge is 0.497 e. The molecule has 0 unspecified atom stereocenters. The zero-order valence-corrected chi connectivity index (χ0v) is 14.7. The second-order valence-corrected chi connectivity index (χ2v) is 6.60. The molecule has 27 heavy (non-hydrogen) atoms. The van der Waals surface area contributed by atoms with Crippen LogP contribution in [-0.4, -0.2) is 23.2 Å². The van der Waals surface area contributed by atoms with Gasteiger partial charge in [0.25, 0.3) is 0 Å². The van der Waals surface area contributed by atoms with E-state index in [0.29, 0.717) is 0 Å². The Labute approximate surface area is 155 Å². The van der Waals surface area contributed by atoms with E-state index in [-0.39, 0.29) is 11.9 Å². The topological polar surface area (TPSA) is 67.0 Å². The third-order valence-corrected chi connectivity index (χ3v) is 5.10. The molecule has 2 aromatic carbocycles. The molecule has 5 heteroatoms. The first kappa shape index (κ1) is 15.6. The number of amides is 1. The Kier molecular flexibility index (Phi) is 3.47. The molecule has 0 saturated heterocycles. The van der Waals surface area contributed by atoms with E-state index < -0.39 is 0 Å². The molecule has 2 aliphatic heterocycles. The first-order valence-electron chi connectivity index (χ1n) is 8.76. The van der Waals surface area contributed by atoms with E-state index in [1.165, 1.54) is 0 Å². The van der Waals surface area contributed by atoms with E-state index in [1.54, 1.807) is 13.2 Å². The average Bonchev–Trinajstić information content (AvgIpc) is 3.10. The molecule has 0 fully saturated rings. The van der Waals surface area contributed by atoms with Crippen LogP contribution in [0.15, 0.2) is 60.8 Å². The highest BCUT2D eigenvalue weighted by atomic mass is 16.5. The summed E-state index contributed by atoms with van der Waals surface area (Å²) in [5.74, 6) is 0.674. The van der Waals surface area contributed by atoms with E-state index in [2.05, 4.69) is 33.7 Å². The first-order valence-corrected chi connectivity index (χ1v) is 8.76. The monoisotopic (exact) mass is 355 g/mol. The number of nitrogens with one attached hydrogen (secondary N) is 2. The van der Waals surface area contributed by atoms with Crippen LogP contribution in [0.2, 0.25) is 0 Å². The fraction of sp³-hybridized carbons (Fsp3) is 0.0909. The summed E-state index contributed by atoms with van der Waals surface area (Å²) < 4.78 is 5.25. The maximum Gasteiger partial charge on any atom is 0.245 e. The molecule has 0 aromatic heterocycles. The fourth-order valence-electron chi connectivity index (χ4n) is 3.82. The predicted octanol–water partition coefficient (Wildman–Crippen LogP) is 2.96. The highest BCUT2D eigenvalue weighted by molar-refractivity contribution is 6.08. The maximum atomic E-state index is 12.5. The van der Waals surface area contributed by atoms with Gasteiger partial charge in [-0.2, -0.15) is 5.10 Å². The highest BCUT2D eigenvalue weighted by Gasteiger charge is 2.23. The Balaban J connectivity index is 1.82. The SMILES string of the molecule is COc1ccc([C@H]2NC(=O)C=c3c2c[nH]nc2ccc4cccc3c4-2)cc1. The fourth-order valence-corrected chi connectivity index (χ4v) is 3.82. The summed E-state index contributed by atoms with van der Waals surface area (Å²) >= 11 is 0. The predicted molar refractivity (Wildman–Crippen MR) is 104 cm³/mol. The van der Waals surface area contributed by atoms with Crippen molar-refractivity contribution in [1.29, 1.82) is 0 Å². The normalized spacial score (nSPS) is 15.9. The van der Waals surface area contributed by atoms with Crippen LogP contribution >= 0.6 is 0 Å². The minimum absolute atomic E-state index is 0.106. The second kappa shape index (κ2) is 5.99. The Morgan fingerprint density at radius 1 is 1.04 bits per heavy atom. The van der Waals surface area contributed by atoms with Gasteiger partial charge in [-0.05, 0) is 39.8 Å². The molecule has 5 rings (SSSR count). The summed E-state index contributed by atoms with van der Waals surface area (Å²) in [6, 6.07) is 17.6. The standard InChI is InChI=1S/C22H17N3O2/c1-27-15-8-5-14(6-9-15)22-18-12-23-25-19-10-7-13-3-2-4-16(21(13)19)17(18)11-20(26)24-22/h2-12,22-23H,1H3,(H,24,26)/t22-/m1/s1. The number of aromatic nitrogens is 2. The lowest BCUT2D eigenvalue weighted by atomic mass is 9.93. The van der Waals surface area contributed by atoms with Crippen molar-refractivity contribution in [3.63, 3.8) is 0 Å². The summed E-state index contributed by atoms with van der Waals surface area (Å²) in [6.07, 6.45) is 3.54. The number of aromatic amines is 1. The van der Waals surface area contributed by atoms with Gasteiger partial charge in [0.2, 0.25) is 5.91 Å². The number of rotatable bonds is 2. The van der Waals surface area contributed by atoms with Crippen LogP contribution in [0.3, 0.4) is 0 Å². The molecule has 132 valence electrons. The van der Waals surface area contributed by atoms with Crippen LogP contribution in [0.4, 0.5) is 0 Å². The van der Waals surface area contributed by atoms with Crippen molar-refractivity contribution in [2.45, 2.75) is 6.04 Å². The maximum absolute atomic E-state index is 12.5. The number of carbonyl (C=O) groups excluding carboxylic acids is 1. The smallest absolute Gasteiger partial charge is 0.245 e. The molecule has 0 bridgehead atoms. The van der Waals surface area contributed by atoms with Gasteiger partial charge < -0.3 is 10.1 Å². The summed E-state index contributed by atoms with van der Waals surface area (Å²) in [5, 5.41) is 13.7. The molecule has 2 aromatic rings. The van der Waals surface area contributed by atoms with Crippen molar-refractivity contribution < 1.29 is 9.53 Å². The molecule has 1 atom stereocenters. The average molecular weight is 355 g/mol. The van der Waals surface area contributed by atoms with Gasteiger partial charge in [0.1, 0.15) is 5.75 Å². The van der Waals surface area contributed by atoms with Crippen LogP contribution < -0.4 is 15.3 Å². The number of hydrogen-bond donors (Lipinski definition) is 2. The molecule has 1 amide bonds. The Hall–Kier alpha value is -3.60. The van der Waals surface area contributed by atoms with E-state index in [9.17, 15) is 4.79 Å². The number of benzene rings is 2. The number of methoxy groups -OCH3 is 1. The lowest BCUT2D eigenvalue weighted by Gasteiger charge is -2.23. The summed E-state index contributed by atoms with van der Waals surface area (Å²) in [4.78, 5) is 12.5. The van der Waals surface area contributed by atoms with Crippen molar-refractivity contribution in [2.24, 2.45) is 0 Å². The van der Waals surface area contributed by atoms with Crippen molar-refractivity contribution in [3.05, 3.63) is 77.1 Å². The summed E-state index contributed by atoms with van der Waals surface area (Å²) in [5.41, 5.74) is 3.90. The second-order valence-electron chi connectivity index (χ2n) is 6.60. The van der Waals surface area contributed by atoms with E-state index in [4.69, 9.17) is 4.74 Å². The lowest BCUT2D eigenvalue weighted by Crippen LogP contribution is -2.37. The van der Waals surface area contributed by atoms with Gasteiger partial charge in [-0.3, -0.25) is 9.89 Å². The van der Waals surface area contributed by atoms with Crippen LogP contribution in [0.25, 0.3) is 28.1 Å². The minimum Gasteiger partial charge on any atom is -0.497 e. The van der Waals surface area contributed by atoms with E-state index in [1.807, 2.05) is 42.6 Å². The molecule has 0 spiro atoms. The van der Waals surface area contributed by atoms with Crippen LogP contribution in [0.5, 0.6) is 5.75 Å². The molecule has 0 radical (unpaired) electrons. The Morgan fingerprint density at radius 2 is 1.89 bits per heavy atom. The highest BCUT2D eigenvalue weighted by Crippen LogP contribution is 2.31. The van der Waals surface area contributed by atoms with Crippen molar-refractivity contribution in [1.82, 2.24) is 15.5 Å². The first-order chi connectivity index (χ1) is 13.2. The van der Waals surface area contributed by atoms with Crippen LogP contribution in [0.1, 0.15) is 17.2 Å². The summed E-state index contributed by atoms with van der Waals surface area (Å²) in [7, 11) is 1.64. The number of nitrogens with zero attached hydrogens (tertiary/aromatic N) is 1. The number of hydrogen-bond acceptors (Lipinski definition) is 3. The molecule has 5 nitrogen and oxygen atoms in total. The van der Waals surface area contributed by atoms with E-state index >= 15 is 0 Å². The molecule has 2 N–H and O–H groups in total. The van der Waals surface area contributed by atoms with Gasteiger partial charge in [0.05, 0.1) is 18.8 Å². The quantitative estimate of drug-likeness (QED) is 0.581. The van der Waals surface area contributed by atoms with Gasteiger partial charge in [-0.25, -0.2) is 0 Å². The van der Waals surface area contributed by atoms with Crippen LogP contribution in [-0.2, 0) is 4.79 Å². The third kappa shape index (κ3) is 2.47. The number of fused-ring (bicyclic) bond motifs is 2. The molecule has 1 aliphatic carbocycles. The lowest BCUT2D eigenvalue weighted by molar-refractivity contribution is -0.115. The Bertz CT molecular complexity index is 1210. The Morgan fingerprint density at radius 3 is 2.70 bits per heavy atom. The minimum atomic E-state index is -0.266. The molecular weight excluding hydrogens is 338 g/mol. The van der Waals surface area contributed by atoms with Gasteiger partial charge in [0, 0.05) is 23.4 Å². The number of carbonyl (C=O) groups is 1. The summed E-state index contributed by atoms with van der Waals surface area (Å²) in [6.45, 7) is 0. The van der Waals surface area contributed by atoms with E-state index in [0.717, 1.165) is 44.1 Å². The molecule has 2 heterocycles. The molecule has 0 saturated carbocycles. The van der Waals surface area contributed by atoms with Gasteiger partial charge >= 0.3 is 0 Å². The van der Waals surface area contributed by atoms with Gasteiger partial charge in [-0.15, -0.1) is 0 Å².